The molecule has 1 saturated heterocycles. The highest BCUT2D eigenvalue weighted by atomic mass is 79.9. The average molecular weight is 664 g/mol. The lowest BCUT2D eigenvalue weighted by Gasteiger charge is -2.16. The van der Waals surface area contributed by atoms with Crippen LogP contribution in [0.15, 0.2) is 61.5 Å². The highest BCUT2D eigenvalue weighted by Crippen LogP contribution is 2.44. The summed E-state index contributed by atoms with van der Waals surface area (Å²) in [5.41, 5.74) is 1.28. The normalized spacial score (nSPS) is 13.9. The summed E-state index contributed by atoms with van der Waals surface area (Å²) in [5, 5.41) is 11.7. The van der Waals surface area contributed by atoms with Gasteiger partial charge in [-0.25, -0.2) is 14.4 Å². The van der Waals surface area contributed by atoms with Gasteiger partial charge in [0.15, 0.2) is 11.5 Å². The minimum Gasteiger partial charge on any atom is -0.493 e. The Morgan fingerprint density at radius 2 is 1.87 bits per heavy atom. The highest BCUT2D eigenvalue weighted by molar-refractivity contribution is 9.13. The molecule has 3 aromatic rings. The number of nitrogens with one attached hydrogen (secondary N) is 1. The molecule has 0 aliphatic carbocycles. The van der Waals surface area contributed by atoms with E-state index in [-0.39, 0.29) is 35.9 Å². The molecular weight excluding hydrogens is 644 g/mol. The van der Waals surface area contributed by atoms with Crippen molar-refractivity contribution in [3.8, 4) is 11.5 Å². The molecule has 1 fully saturated rings. The number of ether oxygens (including phenoxy) is 3. The van der Waals surface area contributed by atoms with Crippen molar-refractivity contribution < 1.29 is 42.9 Å². The predicted octanol–water partition coefficient (Wildman–Crippen LogP) is 4.97. The second-order valence-corrected chi connectivity index (χ2v) is 9.64. The van der Waals surface area contributed by atoms with Gasteiger partial charge in [0.1, 0.15) is 18.1 Å². The molecule has 39 heavy (non-hydrogen) atoms. The van der Waals surface area contributed by atoms with Gasteiger partial charge in [-0.1, -0.05) is 12.1 Å². The Labute approximate surface area is 238 Å². The Bertz CT molecular complexity index is 1510. The summed E-state index contributed by atoms with van der Waals surface area (Å²) in [4.78, 5) is 49.3. The maximum Gasteiger partial charge on any atom is 0.373 e. The number of carboxylic acid groups (broad SMARTS) is 1. The first kappa shape index (κ1) is 27.9. The molecule has 4 rings (SSSR count). The zero-order valence-electron chi connectivity index (χ0n) is 20.4. The monoisotopic (exact) mass is 662 g/mol. The van der Waals surface area contributed by atoms with Crippen molar-refractivity contribution in [2.24, 2.45) is 0 Å². The molecule has 2 aromatic carbocycles. The summed E-state index contributed by atoms with van der Waals surface area (Å²) in [5.74, 6) is -1.48. The van der Waals surface area contributed by atoms with Crippen LogP contribution in [0.2, 0.25) is 0 Å². The summed E-state index contributed by atoms with van der Waals surface area (Å²) in [7, 11) is 2.66. The van der Waals surface area contributed by atoms with Gasteiger partial charge in [0.05, 0.1) is 30.8 Å². The van der Waals surface area contributed by atoms with E-state index in [1.54, 1.807) is 18.2 Å². The lowest BCUT2D eigenvalue weighted by atomic mass is 10.1. The van der Waals surface area contributed by atoms with Crippen LogP contribution in [0.4, 0.5) is 4.79 Å². The fraction of sp³-hybridized carbons (Fsp3) is 0.154. The standard InChI is InChI=1S/C26H20Br2N2O9/c1-36-19-10-15(20(27)21(28)22(19)38-12-13-4-3-5-14(8-13)24(32)33)9-17-23(31)30(26(35)29-17)11-16-6-7-18(39-16)25(34)37-2/h3-10H,11-12H2,1-2H3,(H,29,35)(H,32,33)/b17-9-. The largest absolute Gasteiger partial charge is 0.493 e. The lowest BCUT2D eigenvalue weighted by molar-refractivity contribution is -0.123. The van der Waals surface area contributed by atoms with E-state index < -0.39 is 23.9 Å². The van der Waals surface area contributed by atoms with Crippen LogP contribution < -0.4 is 14.8 Å². The van der Waals surface area contributed by atoms with Gasteiger partial charge >= 0.3 is 18.0 Å². The fourth-order valence-corrected chi connectivity index (χ4v) is 4.59. The molecule has 202 valence electrons. The maximum absolute atomic E-state index is 13.0. The lowest BCUT2D eigenvalue weighted by Crippen LogP contribution is -2.30. The third-order valence-corrected chi connectivity index (χ3v) is 7.70. The Morgan fingerprint density at radius 1 is 1.10 bits per heavy atom. The molecule has 0 saturated carbocycles. The number of urea groups is 1. The predicted molar refractivity (Wildman–Crippen MR) is 143 cm³/mol. The number of carboxylic acids is 1. The summed E-state index contributed by atoms with van der Waals surface area (Å²) in [6.07, 6.45) is 1.47. The molecule has 0 atom stereocenters. The Morgan fingerprint density at radius 3 is 2.56 bits per heavy atom. The third kappa shape index (κ3) is 5.99. The van der Waals surface area contributed by atoms with Crippen molar-refractivity contribution in [2.75, 3.05) is 14.2 Å². The molecule has 0 radical (unpaired) electrons. The topological polar surface area (TPSA) is 145 Å². The van der Waals surface area contributed by atoms with Crippen molar-refractivity contribution in [1.82, 2.24) is 10.2 Å². The molecular formula is C26H20Br2N2O9. The summed E-state index contributed by atoms with van der Waals surface area (Å²) in [6.45, 7) is -0.125. The number of imide groups is 1. The molecule has 0 unspecified atom stereocenters. The third-order valence-electron chi connectivity index (χ3n) is 5.56. The number of halogens is 2. The summed E-state index contributed by atoms with van der Waals surface area (Å²) >= 11 is 6.96. The minimum absolute atomic E-state index is 0.00792. The van der Waals surface area contributed by atoms with E-state index in [1.807, 2.05) is 0 Å². The van der Waals surface area contributed by atoms with Crippen LogP contribution in [-0.2, 0) is 22.7 Å². The van der Waals surface area contributed by atoms with Crippen LogP contribution in [0.25, 0.3) is 6.08 Å². The van der Waals surface area contributed by atoms with Crippen molar-refractivity contribution in [1.29, 1.82) is 0 Å². The molecule has 13 heteroatoms. The highest BCUT2D eigenvalue weighted by Gasteiger charge is 2.35. The van der Waals surface area contributed by atoms with Gasteiger partial charge in [-0.15, -0.1) is 0 Å². The molecule has 2 N–H and O–H groups in total. The number of amides is 3. The molecule has 0 spiro atoms. The van der Waals surface area contributed by atoms with Crippen molar-refractivity contribution in [3.63, 3.8) is 0 Å². The molecule has 11 nitrogen and oxygen atoms in total. The van der Waals surface area contributed by atoms with Crippen molar-refractivity contribution in [2.45, 2.75) is 13.2 Å². The SMILES string of the molecule is COC(=O)c1ccc(CN2C(=O)N/C(=C\c3cc(OC)c(OCc4cccc(C(=O)O)c4)c(Br)c3Br)C2=O)o1. The maximum atomic E-state index is 13.0. The second kappa shape index (κ2) is 11.7. The number of aromatic carboxylic acids is 1. The summed E-state index contributed by atoms with van der Waals surface area (Å²) in [6, 6.07) is 10.2. The van der Waals surface area contributed by atoms with Crippen molar-refractivity contribution >= 4 is 61.8 Å². The Balaban J connectivity index is 1.55. The van der Waals surface area contributed by atoms with Gasteiger partial charge in [0, 0.05) is 4.47 Å². The van der Waals surface area contributed by atoms with E-state index in [2.05, 4.69) is 41.9 Å². The second-order valence-electron chi connectivity index (χ2n) is 8.06. The quantitative estimate of drug-likeness (QED) is 0.184. The minimum atomic E-state index is -1.04. The van der Waals surface area contributed by atoms with E-state index in [9.17, 15) is 24.3 Å². The number of esters is 1. The van der Waals surface area contributed by atoms with E-state index in [0.29, 0.717) is 31.6 Å². The van der Waals surface area contributed by atoms with E-state index >= 15 is 0 Å². The first-order valence-corrected chi connectivity index (χ1v) is 12.7. The van der Waals surface area contributed by atoms with E-state index in [0.717, 1.165) is 4.90 Å². The number of furan rings is 1. The van der Waals surface area contributed by atoms with Crippen LogP contribution in [0.5, 0.6) is 11.5 Å². The molecule has 1 aliphatic heterocycles. The number of hydrogen-bond donors (Lipinski definition) is 2. The zero-order valence-corrected chi connectivity index (χ0v) is 23.6. The number of methoxy groups -OCH3 is 2. The molecule has 3 amide bonds. The van der Waals surface area contributed by atoms with Crippen LogP contribution >= 0.6 is 31.9 Å². The molecule has 1 aromatic heterocycles. The molecule has 2 heterocycles. The van der Waals surface area contributed by atoms with E-state index in [1.165, 1.54) is 44.6 Å². The van der Waals surface area contributed by atoms with Gasteiger partial charge in [-0.3, -0.25) is 9.69 Å². The number of rotatable bonds is 9. The van der Waals surface area contributed by atoms with Crippen LogP contribution in [0.1, 0.15) is 37.8 Å². The molecule has 0 bridgehead atoms. The Kier molecular flexibility index (Phi) is 8.41. The first-order chi connectivity index (χ1) is 18.6. The Hall–Kier alpha value is -4.10. The van der Waals surface area contributed by atoms with Gasteiger partial charge in [-0.2, -0.15) is 0 Å². The van der Waals surface area contributed by atoms with Crippen LogP contribution in [0, 0.1) is 0 Å². The fourth-order valence-electron chi connectivity index (χ4n) is 3.65. The number of carbonyl (C=O) groups is 4. The van der Waals surface area contributed by atoms with Gasteiger partial charge < -0.3 is 29.1 Å². The van der Waals surface area contributed by atoms with Crippen LogP contribution in [-0.4, -0.2) is 48.1 Å². The number of hydrogen-bond acceptors (Lipinski definition) is 8. The van der Waals surface area contributed by atoms with Gasteiger partial charge in [0.25, 0.3) is 5.91 Å². The zero-order chi connectivity index (χ0) is 28.3. The van der Waals surface area contributed by atoms with Crippen LogP contribution in [0.3, 0.4) is 0 Å². The van der Waals surface area contributed by atoms with Gasteiger partial charge in [-0.05, 0) is 79.4 Å². The first-order valence-electron chi connectivity index (χ1n) is 11.2. The summed E-state index contributed by atoms with van der Waals surface area (Å²) < 4.78 is 22.4. The van der Waals surface area contributed by atoms with Gasteiger partial charge in [0.2, 0.25) is 5.76 Å². The smallest absolute Gasteiger partial charge is 0.373 e. The number of nitrogens with zero attached hydrogens (tertiary/aromatic N) is 1. The number of benzene rings is 2. The average Bonchev–Trinajstić information content (AvgIpc) is 3.50. The number of carbonyl (C=O) groups excluding carboxylic acids is 3. The van der Waals surface area contributed by atoms with Crippen molar-refractivity contribution in [3.05, 3.63) is 85.3 Å². The molecule has 1 aliphatic rings. The van der Waals surface area contributed by atoms with E-state index in [4.69, 9.17) is 13.9 Å².